The Hall–Kier alpha value is -2.05. The zero-order chi connectivity index (χ0) is 15.6. The van der Waals surface area contributed by atoms with Gasteiger partial charge in [-0.1, -0.05) is 35.5 Å². The lowest BCUT2D eigenvalue weighted by Gasteiger charge is -2.09. The summed E-state index contributed by atoms with van der Waals surface area (Å²) in [5.41, 5.74) is 0.678. The van der Waals surface area contributed by atoms with Crippen LogP contribution >= 0.6 is 23.4 Å². The first-order valence-corrected chi connectivity index (χ1v) is 7.04. The first-order chi connectivity index (χ1) is 9.90. The minimum Gasteiger partial charge on any atom is -0.478 e. The van der Waals surface area contributed by atoms with E-state index in [0.29, 0.717) is 15.4 Å². The largest absolute Gasteiger partial charge is 0.478 e. The Balaban J connectivity index is 2.44. The van der Waals surface area contributed by atoms with E-state index < -0.39 is 10.9 Å². The van der Waals surface area contributed by atoms with Crippen LogP contribution in [0, 0.1) is 17.0 Å². The molecule has 2 aromatic rings. The van der Waals surface area contributed by atoms with E-state index in [2.05, 4.69) is 0 Å². The molecule has 0 fully saturated rings. The maximum absolute atomic E-state index is 11.2. The second kappa shape index (κ2) is 6.15. The number of hydrogen-bond donors (Lipinski definition) is 1. The van der Waals surface area contributed by atoms with Gasteiger partial charge in [0.25, 0.3) is 5.69 Å². The SMILES string of the molecule is Cc1cc([N+](=O)[O-])c(Cl)cc1Sc1ccccc1C(=O)O. The predicted molar refractivity (Wildman–Crippen MR) is 80.4 cm³/mol. The Morgan fingerprint density at radius 1 is 1.29 bits per heavy atom. The highest BCUT2D eigenvalue weighted by Gasteiger charge is 2.17. The molecule has 0 radical (unpaired) electrons. The maximum atomic E-state index is 11.2. The molecule has 0 atom stereocenters. The summed E-state index contributed by atoms with van der Waals surface area (Å²) >= 11 is 7.11. The van der Waals surface area contributed by atoms with Gasteiger partial charge >= 0.3 is 5.97 Å². The fourth-order valence-electron chi connectivity index (χ4n) is 1.75. The van der Waals surface area contributed by atoms with Gasteiger partial charge in [0, 0.05) is 15.9 Å². The molecule has 1 N–H and O–H groups in total. The molecule has 0 saturated heterocycles. The fraction of sp³-hybridized carbons (Fsp3) is 0.0714. The van der Waals surface area contributed by atoms with Crippen LogP contribution in [0.1, 0.15) is 15.9 Å². The molecule has 7 heteroatoms. The van der Waals surface area contributed by atoms with E-state index in [4.69, 9.17) is 16.7 Å². The van der Waals surface area contributed by atoms with Crippen LogP contribution in [-0.2, 0) is 0 Å². The van der Waals surface area contributed by atoms with Crippen molar-refractivity contribution in [2.24, 2.45) is 0 Å². The van der Waals surface area contributed by atoms with Crippen LogP contribution in [0.2, 0.25) is 5.02 Å². The molecule has 2 rings (SSSR count). The first kappa shape index (κ1) is 15.3. The molecule has 0 heterocycles. The van der Waals surface area contributed by atoms with Crippen LogP contribution in [0.4, 0.5) is 5.69 Å². The summed E-state index contributed by atoms with van der Waals surface area (Å²) in [4.78, 5) is 22.7. The topological polar surface area (TPSA) is 80.4 Å². The van der Waals surface area contributed by atoms with Crippen molar-refractivity contribution < 1.29 is 14.8 Å². The summed E-state index contributed by atoms with van der Waals surface area (Å²) in [6.45, 7) is 1.72. The molecule has 0 saturated carbocycles. The average molecular weight is 324 g/mol. The number of nitro groups is 1. The van der Waals surface area contributed by atoms with Gasteiger partial charge in [-0.05, 0) is 30.7 Å². The summed E-state index contributed by atoms with van der Waals surface area (Å²) in [5, 5.41) is 20.0. The first-order valence-electron chi connectivity index (χ1n) is 5.85. The number of aromatic carboxylic acids is 1. The van der Waals surface area contributed by atoms with Crippen molar-refractivity contribution in [3.05, 3.63) is 62.7 Å². The van der Waals surface area contributed by atoms with Crippen LogP contribution in [0.25, 0.3) is 0 Å². The van der Waals surface area contributed by atoms with Crippen LogP contribution in [0.15, 0.2) is 46.2 Å². The molecule has 0 unspecified atom stereocenters. The number of carbonyl (C=O) groups is 1. The molecular weight excluding hydrogens is 314 g/mol. The van der Waals surface area contributed by atoms with Crippen LogP contribution in [0.3, 0.4) is 0 Å². The molecule has 0 aliphatic carbocycles. The van der Waals surface area contributed by atoms with E-state index in [1.165, 1.54) is 30.0 Å². The lowest BCUT2D eigenvalue weighted by atomic mass is 10.2. The molecule has 0 aromatic heterocycles. The summed E-state index contributed by atoms with van der Waals surface area (Å²) in [6, 6.07) is 9.43. The van der Waals surface area contributed by atoms with Gasteiger partial charge in [0.05, 0.1) is 10.5 Å². The molecule has 0 bridgehead atoms. The third-order valence-corrected chi connectivity index (χ3v) is 4.32. The van der Waals surface area contributed by atoms with Crippen molar-refractivity contribution in [2.75, 3.05) is 0 Å². The van der Waals surface area contributed by atoms with Gasteiger partial charge in [0.15, 0.2) is 0 Å². The van der Waals surface area contributed by atoms with Gasteiger partial charge in [-0.15, -0.1) is 0 Å². The molecule has 5 nitrogen and oxygen atoms in total. The Kier molecular flexibility index (Phi) is 4.50. The van der Waals surface area contributed by atoms with E-state index in [0.717, 1.165) is 0 Å². The Morgan fingerprint density at radius 3 is 2.57 bits per heavy atom. The van der Waals surface area contributed by atoms with Crippen LogP contribution in [0.5, 0.6) is 0 Å². The number of nitro benzene ring substituents is 1. The Labute approximate surface area is 129 Å². The summed E-state index contributed by atoms with van der Waals surface area (Å²) < 4.78 is 0. The number of carboxylic acid groups (broad SMARTS) is 1. The van der Waals surface area contributed by atoms with Crippen molar-refractivity contribution in [1.29, 1.82) is 0 Å². The molecule has 21 heavy (non-hydrogen) atoms. The predicted octanol–water partition coefficient (Wildman–Crippen LogP) is 4.41. The fourth-order valence-corrected chi connectivity index (χ4v) is 3.09. The zero-order valence-corrected chi connectivity index (χ0v) is 12.4. The zero-order valence-electron chi connectivity index (χ0n) is 10.9. The minimum atomic E-state index is -1.02. The summed E-state index contributed by atoms with van der Waals surface area (Å²) in [7, 11) is 0. The third kappa shape index (κ3) is 3.34. The molecular formula is C14H10ClNO4S. The van der Waals surface area contributed by atoms with E-state index >= 15 is 0 Å². The van der Waals surface area contributed by atoms with Gasteiger partial charge in [0.1, 0.15) is 5.02 Å². The minimum absolute atomic E-state index is 0.0286. The van der Waals surface area contributed by atoms with Gasteiger partial charge in [-0.2, -0.15) is 0 Å². The molecule has 0 amide bonds. The van der Waals surface area contributed by atoms with Crippen molar-refractivity contribution >= 4 is 35.0 Å². The number of benzene rings is 2. The average Bonchev–Trinajstić information content (AvgIpc) is 2.42. The smallest absolute Gasteiger partial charge is 0.336 e. The highest BCUT2D eigenvalue weighted by molar-refractivity contribution is 7.99. The number of hydrogen-bond acceptors (Lipinski definition) is 4. The van der Waals surface area contributed by atoms with Gasteiger partial charge in [-0.3, -0.25) is 10.1 Å². The Morgan fingerprint density at radius 2 is 1.95 bits per heavy atom. The number of aryl methyl sites for hydroxylation is 1. The van der Waals surface area contributed by atoms with Crippen molar-refractivity contribution in [1.82, 2.24) is 0 Å². The van der Waals surface area contributed by atoms with E-state index in [-0.39, 0.29) is 16.3 Å². The highest BCUT2D eigenvalue weighted by Crippen LogP contribution is 2.37. The van der Waals surface area contributed by atoms with Crippen LogP contribution < -0.4 is 0 Å². The maximum Gasteiger partial charge on any atom is 0.336 e. The summed E-state index contributed by atoms with van der Waals surface area (Å²) in [5.74, 6) is -1.02. The molecule has 108 valence electrons. The van der Waals surface area contributed by atoms with E-state index in [1.807, 2.05) is 0 Å². The van der Waals surface area contributed by atoms with Crippen molar-refractivity contribution in [2.45, 2.75) is 16.7 Å². The van der Waals surface area contributed by atoms with Crippen molar-refractivity contribution in [3.63, 3.8) is 0 Å². The van der Waals surface area contributed by atoms with Gasteiger partial charge < -0.3 is 5.11 Å². The number of nitrogens with zero attached hydrogens (tertiary/aromatic N) is 1. The lowest BCUT2D eigenvalue weighted by molar-refractivity contribution is -0.384. The lowest BCUT2D eigenvalue weighted by Crippen LogP contribution is -1.98. The molecule has 2 aromatic carbocycles. The molecule has 0 aliphatic heterocycles. The van der Waals surface area contributed by atoms with Gasteiger partial charge in [0.2, 0.25) is 0 Å². The number of rotatable bonds is 4. The van der Waals surface area contributed by atoms with Crippen molar-refractivity contribution in [3.8, 4) is 0 Å². The monoisotopic (exact) mass is 323 g/mol. The quantitative estimate of drug-likeness (QED) is 0.666. The summed E-state index contributed by atoms with van der Waals surface area (Å²) in [6.07, 6.45) is 0. The second-order valence-electron chi connectivity index (χ2n) is 4.23. The molecule has 0 aliphatic rings. The van der Waals surface area contributed by atoms with Crippen LogP contribution in [-0.4, -0.2) is 16.0 Å². The third-order valence-electron chi connectivity index (χ3n) is 2.78. The molecule has 0 spiro atoms. The van der Waals surface area contributed by atoms with E-state index in [1.54, 1.807) is 25.1 Å². The van der Waals surface area contributed by atoms with E-state index in [9.17, 15) is 14.9 Å². The standard InChI is InChI=1S/C14H10ClNO4S/c1-8-6-11(16(19)20)10(15)7-13(8)21-12-5-3-2-4-9(12)14(17)18/h2-7H,1H3,(H,17,18). The highest BCUT2D eigenvalue weighted by atomic mass is 35.5. The van der Waals surface area contributed by atoms with Gasteiger partial charge in [-0.25, -0.2) is 4.79 Å². The normalized spacial score (nSPS) is 10.4. The number of halogens is 1. The second-order valence-corrected chi connectivity index (χ2v) is 5.72. The Bertz CT molecular complexity index is 733. The number of carboxylic acids is 1.